The summed E-state index contributed by atoms with van der Waals surface area (Å²) in [7, 11) is 0. The van der Waals surface area contributed by atoms with Gasteiger partial charge in [-0.3, -0.25) is 9.59 Å². The first-order valence-electron chi connectivity index (χ1n) is 6.26. The molecule has 1 aromatic heterocycles. The van der Waals surface area contributed by atoms with Crippen LogP contribution in [0, 0.1) is 13.8 Å². The lowest BCUT2D eigenvalue weighted by Crippen LogP contribution is -2.32. The van der Waals surface area contributed by atoms with Crippen LogP contribution in [0.1, 0.15) is 42.6 Å². The lowest BCUT2D eigenvalue weighted by Gasteiger charge is -2.11. The highest BCUT2D eigenvalue weighted by atomic mass is 16.7. The summed E-state index contributed by atoms with van der Waals surface area (Å²) in [6, 6.07) is 7.95. The number of fused-ring (bicyclic) bond motifs is 1. The van der Waals surface area contributed by atoms with Gasteiger partial charge in [-0.2, -0.15) is 0 Å². The van der Waals surface area contributed by atoms with Gasteiger partial charge in [0.15, 0.2) is 0 Å². The van der Waals surface area contributed by atoms with Gasteiger partial charge in [0.25, 0.3) is 11.8 Å². The third-order valence-corrected chi connectivity index (χ3v) is 3.16. The highest BCUT2D eigenvalue weighted by molar-refractivity contribution is 6.21. The maximum atomic E-state index is 12.1. The van der Waals surface area contributed by atoms with Crippen molar-refractivity contribution in [1.29, 1.82) is 0 Å². The first-order chi connectivity index (χ1) is 9.99. The Balaban J connectivity index is 1.87. The van der Waals surface area contributed by atoms with Gasteiger partial charge in [-0.15, -0.1) is 0 Å². The molecule has 0 fully saturated rings. The molecular weight excluding hydrogens is 274 g/mol. The number of hydroxylamine groups is 2. The molecule has 3 rings (SSSR count). The van der Waals surface area contributed by atoms with Gasteiger partial charge < -0.3 is 9.25 Å². The van der Waals surface area contributed by atoms with Gasteiger partial charge >= 0.3 is 5.97 Å². The van der Waals surface area contributed by atoms with Crippen molar-refractivity contribution in [2.75, 3.05) is 0 Å². The fraction of sp³-hybridized carbons (Fsp3) is 0.133. The van der Waals surface area contributed by atoms with E-state index < -0.39 is 17.8 Å². The summed E-state index contributed by atoms with van der Waals surface area (Å²) in [5.41, 5.74) is 0.999. The highest BCUT2D eigenvalue weighted by Crippen LogP contribution is 2.24. The van der Waals surface area contributed by atoms with Crippen molar-refractivity contribution < 1.29 is 23.6 Å². The molecule has 0 unspecified atom stereocenters. The molecule has 0 saturated heterocycles. The minimum Gasteiger partial charge on any atom is -0.454 e. The van der Waals surface area contributed by atoms with Crippen molar-refractivity contribution in [3.05, 3.63) is 58.5 Å². The van der Waals surface area contributed by atoms with Crippen molar-refractivity contribution >= 4 is 17.8 Å². The van der Waals surface area contributed by atoms with Gasteiger partial charge in [-0.25, -0.2) is 4.79 Å². The number of amides is 2. The van der Waals surface area contributed by atoms with E-state index in [1.54, 1.807) is 32.0 Å². The number of hydrogen-bond donors (Lipinski definition) is 0. The van der Waals surface area contributed by atoms with Crippen molar-refractivity contribution in [1.82, 2.24) is 5.06 Å². The Morgan fingerprint density at radius 1 is 1.10 bits per heavy atom. The molecule has 21 heavy (non-hydrogen) atoms. The van der Waals surface area contributed by atoms with Crippen LogP contribution in [0.25, 0.3) is 0 Å². The molecule has 0 N–H and O–H groups in total. The zero-order chi connectivity index (χ0) is 15.1. The van der Waals surface area contributed by atoms with E-state index in [2.05, 4.69) is 0 Å². The number of imide groups is 1. The predicted molar refractivity (Wildman–Crippen MR) is 70.5 cm³/mol. The number of nitrogens with zero attached hydrogens (tertiary/aromatic N) is 1. The van der Waals surface area contributed by atoms with Crippen LogP contribution in [0.5, 0.6) is 0 Å². The van der Waals surface area contributed by atoms with Gasteiger partial charge in [-0.1, -0.05) is 17.2 Å². The molecule has 106 valence electrons. The average Bonchev–Trinajstić information content (AvgIpc) is 2.92. The molecule has 2 aromatic rings. The molecule has 6 nitrogen and oxygen atoms in total. The summed E-state index contributed by atoms with van der Waals surface area (Å²) >= 11 is 0. The van der Waals surface area contributed by atoms with Crippen molar-refractivity contribution in [3.63, 3.8) is 0 Å². The molecule has 0 saturated carbocycles. The van der Waals surface area contributed by atoms with Crippen LogP contribution in [0.3, 0.4) is 0 Å². The zero-order valence-corrected chi connectivity index (χ0v) is 11.4. The molecule has 2 amide bonds. The number of aryl methyl sites for hydroxylation is 2. The van der Waals surface area contributed by atoms with Crippen LogP contribution in [0.2, 0.25) is 0 Å². The predicted octanol–water partition coefficient (Wildman–Crippen LogP) is 2.26. The topological polar surface area (TPSA) is 76.8 Å². The number of rotatable bonds is 2. The number of carbonyl (C=O) groups is 3. The fourth-order valence-corrected chi connectivity index (χ4v) is 2.22. The van der Waals surface area contributed by atoms with Gasteiger partial charge in [0, 0.05) is 5.56 Å². The first-order valence-corrected chi connectivity index (χ1v) is 6.26. The summed E-state index contributed by atoms with van der Waals surface area (Å²) in [5.74, 6) is -1.68. The monoisotopic (exact) mass is 285 g/mol. The maximum absolute atomic E-state index is 12.1. The summed E-state index contributed by atoms with van der Waals surface area (Å²) in [5, 5.41) is 0.463. The molecule has 0 atom stereocenters. The summed E-state index contributed by atoms with van der Waals surface area (Å²) in [4.78, 5) is 41.0. The van der Waals surface area contributed by atoms with Gasteiger partial charge in [0.05, 0.1) is 11.1 Å². The molecule has 0 spiro atoms. The summed E-state index contributed by atoms with van der Waals surface area (Å²) in [6.45, 7) is 3.36. The normalized spacial score (nSPS) is 13.5. The Morgan fingerprint density at radius 3 is 2.14 bits per heavy atom. The fourth-order valence-electron chi connectivity index (χ4n) is 2.22. The summed E-state index contributed by atoms with van der Waals surface area (Å²) < 4.78 is 5.21. The molecule has 2 heterocycles. The van der Waals surface area contributed by atoms with Crippen LogP contribution in [-0.2, 0) is 4.84 Å². The molecule has 0 radical (unpaired) electrons. The summed E-state index contributed by atoms with van der Waals surface area (Å²) in [6.07, 6.45) is 0. The van der Waals surface area contributed by atoms with E-state index in [0.717, 1.165) is 0 Å². The van der Waals surface area contributed by atoms with Crippen LogP contribution >= 0.6 is 0 Å². The average molecular weight is 285 g/mol. The number of furan rings is 1. The van der Waals surface area contributed by atoms with E-state index in [9.17, 15) is 14.4 Å². The molecule has 0 aliphatic carbocycles. The minimum atomic E-state index is -0.880. The minimum absolute atomic E-state index is 0.0240. The van der Waals surface area contributed by atoms with Crippen molar-refractivity contribution in [3.8, 4) is 0 Å². The molecular formula is C15H11NO5. The second kappa shape index (κ2) is 4.59. The van der Waals surface area contributed by atoms with Crippen LogP contribution < -0.4 is 0 Å². The smallest absolute Gasteiger partial charge is 0.399 e. The quantitative estimate of drug-likeness (QED) is 0.791. The maximum Gasteiger partial charge on any atom is 0.399 e. The third-order valence-electron chi connectivity index (χ3n) is 3.16. The Bertz CT molecular complexity index is 739. The van der Waals surface area contributed by atoms with E-state index in [0.29, 0.717) is 16.4 Å². The Labute approximate surface area is 119 Å². The number of carbonyl (C=O) groups excluding carboxylic acids is 3. The van der Waals surface area contributed by atoms with E-state index in [1.165, 1.54) is 12.1 Å². The van der Waals surface area contributed by atoms with Crippen molar-refractivity contribution in [2.24, 2.45) is 0 Å². The van der Waals surface area contributed by atoms with Gasteiger partial charge in [-0.05, 0) is 32.0 Å². The standard InChI is InChI=1S/C15H11NO5/c1-8-7-9(2)20-12(8)15(19)21-16-13(17)10-5-3-4-6-11(10)14(16)18/h3-7H,1-2H3. The first kappa shape index (κ1) is 13.1. The van der Waals surface area contributed by atoms with Crippen LogP contribution in [-0.4, -0.2) is 22.8 Å². The molecule has 1 aliphatic heterocycles. The van der Waals surface area contributed by atoms with Crippen LogP contribution in [0.15, 0.2) is 34.7 Å². The highest BCUT2D eigenvalue weighted by Gasteiger charge is 2.39. The number of benzene rings is 1. The van der Waals surface area contributed by atoms with E-state index >= 15 is 0 Å². The Morgan fingerprint density at radius 2 is 1.67 bits per heavy atom. The Kier molecular flexibility index (Phi) is 2.86. The van der Waals surface area contributed by atoms with E-state index in [1.807, 2.05) is 0 Å². The van der Waals surface area contributed by atoms with E-state index in [-0.39, 0.29) is 16.9 Å². The Hall–Kier alpha value is -2.89. The van der Waals surface area contributed by atoms with Crippen molar-refractivity contribution in [2.45, 2.75) is 13.8 Å². The van der Waals surface area contributed by atoms with Gasteiger partial charge in [0.2, 0.25) is 5.76 Å². The van der Waals surface area contributed by atoms with E-state index in [4.69, 9.17) is 9.25 Å². The SMILES string of the molecule is Cc1cc(C)c(C(=O)ON2C(=O)c3ccccc3C2=O)o1. The molecule has 6 heteroatoms. The second-order valence-corrected chi connectivity index (χ2v) is 4.70. The lowest BCUT2D eigenvalue weighted by molar-refractivity contribution is -0.0604. The molecule has 1 aromatic carbocycles. The largest absolute Gasteiger partial charge is 0.454 e. The lowest BCUT2D eigenvalue weighted by atomic mass is 10.1. The molecule has 1 aliphatic rings. The van der Waals surface area contributed by atoms with Crippen LogP contribution in [0.4, 0.5) is 0 Å². The molecule has 0 bridgehead atoms. The third kappa shape index (κ3) is 2.01. The number of hydrogen-bond acceptors (Lipinski definition) is 5. The van der Waals surface area contributed by atoms with Gasteiger partial charge in [0.1, 0.15) is 5.76 Å². The zero-order valence-electron chi connectivity index (χ0n) is 11.4. The second-order valence-electron chi connectivity index (χ2n) is 4.70.